The number of hydrogen-bond acceptors (Lipinski definition) is 6. The first-order valence-corrected chi connectivity index (χ1v) is 7.79. The summed E-state index contributed by atoms with van der Waals surface area (Å²) in [5.74, 6) is -0.579. The second-order valence-electron chi connectivity index (χ2n) is 3.93. The van der Waals surface area contributed by atoms with Crippen LogP contribution in [0.4, 0.5) is 5.69 Å². The van der Waals surface area contributed by atoms with Gasteiger partial charge in [-0.3, -0.25) is 14.9 Å². The van der Waals surface area contributed by atoms with Gasteiger partial charge in [-0.25, -0.2) is 13.1 Å². The molecule has 0 unspecified atom stereocenters. The molecule has 1 aromatic heterocycles. The van der Waals surface area contributed by atoms with Crippen LogP contribution in [0.2, 0.25) is 4.34 Å². The van der Waals surface area contributed by atoms with Gasteiger partial charge in [-0.2, -0.15) is 0 Å². The van der Waals surface area contributed by atoms with Gasteiger partial charge in [0.15, 0.2) is 4.34 Å². The van der Waals surface area contributed by atoms with E-state index in [0.717, 1.165) is 6.07 Å². The number of hydrogen-bond donors (Lipinski definition) is 1. The number of nitrogens with one attached hydrogen (secondary N) is 1. The van der Waals surface area contributed by atoms with Gasteiger partial charge < -0.3 is 0 Å². The number of halogens is 1. The maximum Gasteiger partial charge on any atom is 0.300 e. The van der Waals surface area contributed by atoms with Gasteiger partial charge in [0.25, 0.3) is 15.7 Å². The van der Waals surface area contributed by atoms with Crippen molar-refractivity contribution in [1.29, 1.82) is 0 Å². The lowest BCUT2D eigenvalue weighted by Crippen LogP contribution is -2.31. The van der Waals surface area contributed by atoms with Crippen LogP contribution in [-0.4, -0.2) is 25.7 Å². The zero-order chi connectivity index (χ0) is 14.8. The summed E-state index contributed by atoms with van der Waals surface area (Å²) < 4.78 is 25.2. The topological polar surface area (TPSA) is 106 Å². The lowest BCUT2D eigenvalue weighted by atomic mass is 10.1. The van der Waals surface area contributed by atoms with Crippen LogP contribution in [0.1, 0.15) is 13.8 Å². The number of Topliss-reactive ketones (excluding diaryl/α,β-unsaturated/α-hetero) is 1. The summed E-state index contributed by atoms with van der Waals surface area (Å²) in [6.07, 6.45) is 0. The van der Waals surface area contributed by atoms with Crippen molar-refractivity contribution >= 4 is 44.4 Å². The number of ketones is 1. The van der Waals surface area contributed by atoms with E-state index in [-0.39, 0.29) is 26.8 Å². The number of rotatable bonds is 6. The minimum atomic E-state index is -3.97. The van der Waals surface area contributed by atoms with Gasteiger partial charge in [0.05, 0.1) is 11.5 Å². The predicted molar refractivity (Wildman–Crippen MR) is 71.0 cm³/mol. The summed E-state index contributed by atoms with van der Waals surface area (Å²) >= 11 is 6.15. The van der Waals surface area contributed by atoms with E-state index in [1.165, 1.54) is 0 Å². The largest absolute Gasteiger partial charge is 0.300 e. The van der Waals surface area contributed by atoms with Crippen molar-refractivity contribution in [3.8, 4) is 0 Å². The Morgan fingerprint density at radius 2 is 2.16 bits per heavy atom. The Kier molecular flexibility index (Phi) is 5.02. The van der Waals surface area contributed by atoms with E-state index in [1.807, 2.05) is 0 Å². The summed E-state index contributed by atoms with van der Waals surface area (Å²) in [5.41, 5.74) is -0.470. The van der Waals surface area contributed by atoms with Gasteiger partial charge in [-0.05, 0) is 0 Å². The SMILES string of the molecule is CC(C)C(=O)CNS(=O)(=O)c1cc([N+](=O)[O-])c(Cl)s1. The Morgan fingerprint density at radius 3 is 2.58 bits per heavy atom. The van der Waals surface area contributed by atoms with Crippen LogP contribution >= 0.6 is 22.9 Å². The number of thiophene rings is 1. The second-order valence-corrected chi connectivity index (χ2v) is 7.58. The van der Waals surface area contributed by atoms with Crippen molar-refractivity contribution in [3.05, 3.63) is 20.5 Å². The molecular weight excluding hydrogens is 316 g/mol. The third-order valence-corrected chi connectivity index (χ3v) is 5.40. The van der Waals surface area contributed by atoms with Crippen LogP contribution in [0.3, 0.4) is 0 Å². The number of carbonyl (C=O) groups excluding carboxylic acids is 1. The molecule has 0 saturated carbocycles. The molecule has 0 aromatic carbocycles. The van der Waals surface area contributed by atoms with E-state index in [9.17, 15) is 23.3 Å². The van der Waals surface area contributed by atoms with Crippen molar-refractivity contribution in [2.24, 2.45) is 5.92 Å². The molecule has 0 aliphatic carbocycles. The van der Waals surface area contributed by atoms with Crippen LogP contribution in [-0.2, 0) is 14.8 Å². The molecule has 0 bridgehead atoms. The molecule has 1 N–H and O–H groups in total. The lowest BCUT2D eigenvalue weighted by molar-refractivity contribution is -0.384. The fourth-order valence-electron chi connectivity index (χ4n) is 1.04. The van der Waals surface area contributed by atoms with Gasteiger partial charge in [0, 0.05) is 12.0 Å². The van der Waals surface area contributed by atoms with Crippen LogP contribution in [0, 0.1) is 16.0 Å². The average molecular weight is 327 g/mol. The highest BCUT2D eigenvalue weighted by Gasteiger charge is 2.25. The zero-order valence-electron chi connectivity index (χ0n) is 10.0. The van der Waals surface area contributed by atoms with E-state index in [4.69, 9.17) is 11.6 Å². The Morgan fingerprint density at radius 1 is 1.58 bits per heavy atom. The molecule has 0 aliphatic rings. The number of nitrogens with zero attached hydrogens (tertiary/aromatic N) is 1. The molecule has 1 aromatic rings. The van der Waals surface area contributed by atoms with Crippen LogP contribution in [0.25, 0.3) is 0 Å². The average Bonchev–Trinajstić information content (AvgIpc) is 2.69. The highest BCUT2D eigenvalue weighted by atomic mass is 35.5. The standard InChI is InChI=1S/C9H11ClN2O5S2/c1-5(2)7(13)4-11-19(16,17)8-3-6(12(14)15)9(10)18-8/h3,5,11H,4H2,1-2H3. The zero-order valence-corrected chi connectivity index (χ0v) is 12.4. The first-order chi connectivity index (χ1) is 8.65. The van der Waals surface area contributed by atoms with Crippen LogP contribution in [0.15, 0.2) is 10.3 Å². The van der Waals surface area contributed by atoms with Gasteiger partial charge >= 0.3 is 0 Å². The smallest absolute Gasteiger partial charge is 0.298 e. The Labute approximate surface area is 118 Å². The van der Waals surface area contributed by atoms with Crippen molar-refractivity contribution in [2.75, 3.05) is 6.54 Å². The van der Waals surface area contributed by atoms with E-state index >= 15 is 0 Å². The summed E-state index contributed by atoms with van der Waals surface area (Å²) in [7, 11) is -3.97. The van der Waals surface area contributed by atoms with E-state index in [2.05, 4.69) is 4.72 Å². The van der Waals surface area contributed by atoms with Crippen molar-refractivity contribution < 1.29 is 18.1 Å². The molecule has 1 heterocycles. The molecule has 0 atom stereocenters. The van der Waals surface area contributed by atoms with Gasteiger partial charge in [-0.15, -0.1) is 11.3 Å². The maximum absolute atomic E-state index is 11.8. The Balaban J connectivity index is 2.92. The van der Waals surface area contributed by atoms with Crippen LogP contribution < -0.4 is 4.72 Å². The fraction of sp³-hybridized carbons (Fsp3) is 0.444. The molecular formula is C9H11ClN2O5S2. The summed E-state index contributed by atoms with van der Waals surface area (Å²) in [5, 5.41) is 10.6. The summed E-state index contributed by atoms with van der Waals surface area (Å²) in [4.78, 5) is 21.2. The fourth-order valence-corrected chi connectivity index (χ4v) is 3.74. The molecule has 0 fully saturated rings. The molecule has 0 saturated heterocycles. The van der Waals surface area contributed by atoms with E-state index in [0.29, 0.717) is 11.3 Å². The highest BCUT2D eigenvalue weighted by molar-refractivity contribution is 7.91. The quantitative estimate of drug-likeness (QED) is 0.633. The minimum absolute atomic E-state index is 0.222. The monoisotopic (exact) mass is 326 g/mol. The molecule has 7 nitrogen and oxygen atoms in total. The summed E-state index contributed by atoms with van der Waals surface area (Å²) in [6.45, 7) is 2.93. The molecule has 10 heteroatoms. The first kappa shape index (κ1) is 16.0. The first-order valence-electron chi connectivity index (χ1n) is 5.11. The molecule has 0 spiro atoms. The highest BCUT2D eigenvalue weighted by Crippen LogP contribution is 2.35. The second kappa shape index (κ2) is 5.95. The summed E-state index contributed by atoms with van der Waals surface area (Å²) in [6, 6.07) is 0.870. The van der Waals surface area contributed by atoms with E-state index in [1.54, 1.807) is 13.8 Å². The van der Waals surface area contributed by atoms with Gasteiger partial charge in [0.2, 0.25) is 0 Å². The Bertz CT molecular complexity index is 608. The maximum atomic E-state index is 11.8. The van der Waals surface area contributed by atoms with Crippen molar-refractivity contribution in [1.82, 2.24) is 4.72 Å². The van der Waals surface area contributed by atoms with Crippen LogP contribution in [0.5, 0.6) is 0 Å². The Hall–Kier alpha value is -1.03. The molecule has 0 radical (unpaired) electrons. The molecule has 106 valence electrons. The normalized spacial score (nSPS) is 11.8. The molecule has 19 heavy (non-hydrogen) atoms. The number of sulfonamides is 1. The predicted octanol–water partition coefficient (Wildman–Crippen LogP) is 1.81. The number of nitro groups is 1. The van der Waals surface area contributed by atoms with E-state index < -0.39 is 20.6 Å². The third-order valence-electron chi connectivity index (χ3n) is 2.19. The van der Waals surface area contributed by atoms with Crippen molar-refractivity contribution in [2.45, 2.75) is 18.1 Å². The van der Waals surface area contributed by atoms with Gasteiger partial charge in [0.1, 0.15) is 9.99 Å². The third kappa shape index (κ3) is 3.96. The lowest BCUT2D eigenvalue weighted by Gasteiger charge is -2.05. The number of carbonyl (C=O) groups is 1. The van der Waals surface area contributed by atoms with Gasteiger partial charge in [-0.1, -0.05) is 25.4 Å². The molecule has 0 aliphatic heterocycles. The molecule has 1 rings (SSSR count). The minimum Gasteiger partial charge on any atom is -0.298 e. The molecule has 0 amide bonds. The van der Waals surface area contributed by atoms with Crippen molar-refractivity contribution in [3.63, 3.8) is 0 Å².